The number of ether oxygens (including phenoxy) is 1. The van der Waals surface area contributed by atoms with Crippen LogP contribution in [0.3, 0.4) is 0 Å². The summed E-state index contributed by atoms with van der Waals surface area (Å²) in [5, 5.41) is 3.11. The zero-order valence-corrected chi connectivity index (χ0v) is 21.2. The van der Waals surface area contributed by atoms with E-state index in [-0.39, 0.29) is 23.9 Å². The number of H-pyrrole nitrogens is 1. The highest BCUT2D eigenvalue weighted by molar-refractivity contribution is 7.87. The van der Waals surface area contributed by atoms with Gasteiger partial charge in [0.2, 0.25) is 0 Å². The topological polar surface area (TPSA) is 125 Å². The third-order valence-corrected chi connectivity index (χ3v) is 8.05. The largest absolute Gasteiger partial charge is 0.496 e. The van der Waals surface area contributed by atoms with Crippen LogP contribution in [0, 0.1) is 0 Å². The van der Waals surface area contributed by atoms with Gasteiger partial charge in [-0.2, -0.15) is 13.1 Å². The third-order valence-electron chi connectivity index (χ3n) is 6.82. The fraction of sp³-hybridized carbons (Fsp3) is 0.385. The van der Waals surface area contributed by atoms with E-state index >= 15 is 0 Å². The number of methoxy groups -OCH3 is 1. The lowest BCUT2D eigenvalue weighted by molar-refractivity contribution is 0.0932. The number of benzene rings is 2. The van der Waals surface area contributed by atoms with Crippen LogP contribution in [-0.2, 0) is 22.0 Å². The minimum Gasteiger partial charge on any atom is -0.496 e. The second kappa shape index (κ2) is 11.7. The van der Waals surface area contributed by atoms with Crippen molar-refractivity contribution in [3.63, 3.8) is 0 Å². The number of carbonyl (C=O) groups is 1. The van der Waals surface area contributed by atoms with Gasteiger partial charge >= 0.3 is 0 Å². The molecule has 1 saturated carbocycles. The number of nitrogens with one attached hydrogen (secondary N) is 4. The molecule has 4 N–H and O–H groups in total. The SMILES string of the molecule is COc1ccccc1C(=O)NC[C@]1(c2ccccc2)CC[C@H](NS(=O)(=O)NCCc2c[nH]cn2)CC1. The van der Waals surface area contributed by atoms with E-state index in [0.717, 1.165) is 24.1 Å². The molecule has 36 heavy (non-hydrogen) atoms. The number of hydrogen-bond acceptors (Lipinski definition) is 5. The first-order valence-electron chi connectivity index (χ1n) is 12.1. The smallest absolute Gasteiger partial charge is 0.277 e. The van der Waals surface area contributed by atoms with Crippen LogP contribution in [0.5, 0.6) is 5.75 Å². The third kappa shape index (κ3) is 6.51. The van der Waals surface area contributed by atoms with Gasteiger partial charge in [-0.3, -0.25) is 4.79 Å². The monoisotopic (exact) mass is 511 g/mol. The van der Waals surface area contributed by atoms with Gasteiger partial charge in [0.1, 0.15) is 5.75 Å². The molecule has 192 valence electrons. The molecule has 1 aromatic heterocycles. The van der Waals surface area contributed by atoms with E-state index in [1.54, 1.807) is 31.8 Å². The summed E-state index contributed by atoms with van der Waals surface area (Å²) < 4.78 is 35.9. The molecule has 1 fully saturated rings. The Kier molecular flexibility index (Phi) is 8.40. The molecular formula is C26H33N5O4S. The quantitative estimate of drug-likeness (QED) is 0.315. The van der Waals surface area contributed by atoms with E-state index < -0.39 is 10.2 Å². The Balaban J connectivity index is 1.38. The molecule has 0 aliphatic heterocycles. The molecule has 1 amide bonds. The van der Waals surface area contributed by atoms with E-state index in [1.807, 2.05) is 30.3 Å². The van der Waals surface area contributed by atoms with E-state index in [4.69, 9.17) is 4.74 Å². The summed E-state index contributed by atoms with van der Waals surface area (Å²) in [5.41, 5.74) is 2.15. The standard InChI is InChI=1S/C26H33N5O4S/c1-35-24-10-6-5-9-23(24)25(32)28-18-26(20-7-3-2-4-8-20)14-11-21(12-15-26)31-36(33,34)30-16-13-22-17-27-19-29-22/h2-10,17,19,21,30-31H,11-16,18H2,1H3,(H,27,29)(H,28,32)/t21-,26-. The number of amides is 1. The van der Waals surface area contributed by atoms with Crippen molar-refractivity contribution < 1.29 is 17.9 Å². The molecule has 10 heteroatoms. The number of rotatable bonds is 11. The number of imidazole rings is 1. The number of carbonyl (C=O) groups excluding carboxylic acids is 1. The number of aromatic nitrogens is 2. The van der Waals surface area contributed by atoms with Crippen molar-refractivity contribution in [2.45, 2.75) is 43.6 Å². The van der Waals surface area contributed by atoms with Crippen LogP contribution in [-0.4, -0.2) is 50.5 Å². The molecule has 2 aromatic carbocycles. The lowest BCUT2D eigenvalue weighted by Gasteiger charge is -2.41. The molecule has 0 bridgehead atoms. The highest BCUT2D eigenvalue weighted by atomic mass is 32.2. The van der Waals surface area contributed by atoms with Crippen LogP contribution >= 0.6 is 0 Å². The van der Waals surface area contributed by atoms with E-state index in [1.165, 1.54) is 0 Å². The zero-order chi connectivity index (χ0) is 25.4. The van der Waals surface area contributed by atoms with Gasteiger partial charge in [-0.1, -0.05) is 42.5 Å². The number of aromatic amines is 1. The fourth-order valence-corrected chi connectivity index (χ4v) is 5.96. The first-order valence-corrected chi connectivity index (χ1v) is 13.6. The summed E-state index contributed by atoms with van der Waals surface area (Å²) in [6.45, 7) is 0.727. The van der Waals surface area contributed by atoms with Gasteiger partial charge < -0.3 is 15.0 Å². The number of hydrogen-bond donors (Lipinski definition) is 4. The van der Waals surface area contributed by atoms with Crippen LogP contribution in [0.15, 0.2) is 67.1 Å². The average Bonchev–Trinajstić information content (AvgIpc) is 3.42. The predicted octanol–water partition coefficient (Wildman–Crippen LogP) is 2.70. The molecule has 0 unspecified atom stereocenters. The summed E-state index contributed by atoms with van der Waals surface area (Å²) in [6.07, 6.45) is 6.64. The summed E-state index contributed by atoms with van der Waals surface area (Å²) in [5.74, 6) is 0.341. The maximum absolute atomic E-state index is 13.0. The van der Waals surface area contributed by atoms with Crippen molar-refractivity contribution in [2.24, 2.45) is 0 Å². The first kappa shape index (κ1) is 25.9. The minimum absolute atomic E-state index is 0.172. The Morgan fingerprint density at radius 2 is 1.83 bits per heavy atom. The van der Waals surface area contributed by atoms with Gasteiger partial charge in [0.15, 0.2) is 0 Å². The van der Waals surface area contributed by atoms with Crippen molar-refractivity contribution in [3.8, 4) is 5.75 Å². The molecule has 1 aliphatic rings. The highest BCUT2D eigenvalue weighted by Gasteiger charge is 2.38. The van der Waals surface area contributed by atoms with Gasteiger partial charge in [0.25, 0.3) is 16.1 Å². The Labute approximate surface area is 212 Å². The summed E-state index contributed by atoms with van der Waals surface area (Å²) in [7, 11) is -2.08. The number of nitrogens with zero attached hydrogens (tertiary/aromatic N) is 1. The van der Waals surface area contributed by atoms with Crippen LogP contribution in [0.25, 0.3) is 0 Å². The second-order valence-corrected chi connectivity index (χ2v) is 10.7. The van der Waals surface area contributed by atoms with Crippen molar-refractivity contribution in [2.75, 3.05) is 20.2 Å². The Morgan fingerprint density at radius 3 is 2.53 bits per heavy atom. The van der Waals surface area contributed by atoms with Crippen LogP contribution in [0.4, 0.5) is 0 Å². The molecular weight excluding hydrogens is 478 g/mol. The Morgan fingerprint density at radius 1 is 1.11 bits per heavy atom. The average molecular weight is 512 g/mol. The van der Waals surface area contributed by atoms with Gasteiger partial charge in [-0.15, -0.1) is 0 Å². The zero-order valence-electron chi connectivity index (χ0n) is 20.4. The van der Waals surface area contributed by atoms with Gasteiger partial charge in [0, 0.05) is 37.2 Å². The van der Waals surface area contributed by atoms with Crippen molar-refractivity contribution in [3.05, 3.63) is 83.9 Å². The summed E-state index contributed by atoms with van der Waals surface area (Å²) in [6, 6.07) is 17.1. The van der Waals surface area contributed by atoms with Crippen LogP contribution in [0.1, 0.15) is 47.3 Å². The summed E-state index contributed by atoms with van der Waals surface area (Å²) in [4.78, 5) is 19.9. The molecule has 4 rings (SSSR count). The van der Waals surface area contributed by atoms with E-state index in [2.05, 4.69) is 36.9 Å². The van der Waals surface area contributed by atoms with Crippen molar-refractivity contribution in [1.82, 2.24) is 24.7 Å². The predicted molar refractivity (Wildman–Crippen MR) is 138 cm³/mol. The normalized spacial score (nSPS) is 20.1. The molecule has 9 nitrogen and oxygen atoms in total. The van der Waals surface area contributed by atoms with Crippen molar-refractivity contribution >= 4 is 16.1 Å². The molecule has 1 aliphatic carbocycles. The maximum atomic E-state index is 13.0. The van der Waals surface area contributed by atoms with Crippen molar-refractivity contribution in [1.29, 1.82) is 0 Å². The fourth-order valence-electron chi connectivity index (χ4n) is 4.83. The summed E-state index contributed by atoms with van der Waals surface area (Å²) >= 11 is 0. The molecule has 0 saturated heterocycles. The van der Waals surface area contributed by atoms with Crippen LogP contribution in [0.2, 0.25) is 0 Å². The van der Waals surface area contributed by atoms with E-state index in [0.29, 0.717) is 37.1 Å². The molecule has 0 atom stereocenters. The van der Waals surface area contributed by atoms with Gasteiger partial charge in [-0.25, -0.2) is 9.71 Å². The molecule has 3 aromatic rings. The minimum atomic E-state index is -3.63. The van der Waals surface area contributed by atoms with Gasteiger partial charge in [-0.05, 0) is 43.4 Å². The molecule has 1 heterocycles. The van der Waals surface area contributed by atoms with Gasteiger partial charge in [0.05, 0.1) is 24.7 Å². The molecule has 0 radical (unpaired) electrons. The second-order valence-electron chi connectivity index (χ2n) is 9.13. The Bertz CT molecular complexity index is 1220. The van der Waals surface area contributed by atoms with E-state index in [9.17, 15) is 13.2 Å². The maximum Gasteiger partial charge on any atom is 0.277 e. The number of para-hydroxylation sites is 1. The lowest BCUT2D eigenvalue weighted by Crippen LogP contribution is -2.49. The molecule has 0 spiro atoms. The highest BCUT2D eigenvalue weighted by Crippen LogP contribution is 2.39. The lowest BCUT2D eigenvalue weighted by atomic mass is 9.68. The van der Waals surface area contributed by atoms with Crippen LogP contribution < -0.4 is 19.5 Å². The first-order chi connectivity index (χ1) is 17.4. The Hall–Kier alpha value is -3.21.